The number of fused-ring (bicyclic) bond motifs is 1. The number of hydrazine groups is 1. The van der Waals surface area contributed by atoms with E-state index in [0.717, 1.165) is 48.4 Å². The minimum absolute atomic E-state index is 0.0463. The lowest BCUT2D eigenvalue weighted by Crippen LogP contribution is -2.42. The number of nitrogens with zero attached hydrogens (tertiary/aromatic N) is 4. The lowest BCUT2D eigenvalue weighted by atomic mass is 9.96. The Balaban J connectivity index is 1.32. The highest BCUT2D eigenvalue weighted by Gasteiger charge is 2.27. The molecule has 1 fully saturated rings. The standard InChI is InChI=1S/C19H22N6O2/c1-12-11-13(2)21-18(20-12)24-23-17(26)14-7-9-25(10-8-14)19-22-15-5-3-4-6-16(15)27-19/h3-6,11,14H,7-10H2,1-2H3,(H,23,26)(H,20,21,24). The summed E-state index contributed by atoms with van der Waals surface area (Å²) in [6, 6.07) is 10.2. The van der Waals surface area contributed by atoms with E-state index in [9.17, 15) is 4.79 Å². The van der Waals surface area contributed by atoms with Crippen LogP contribution >= 0.6 is 0 Å². The highest BCUT2D eigenvalue weighted by Crippen LogP contribution is 2.26. The van der Waals surface area contributed by atoms with Crippen LogP contribution in [0.5, 0.6) is 0 Å². The fraction of sp³-hybridized carbons (Fsp3) is 0.368. The van der Waals surface area contributed by atoms with Gasteiger partial charge in [-0.05, 0) is 44.9 Å². The summed E-state index contributed by atoms with van der Waals surface area (Å²) in [5.74, 6) is 0.295. The fourth-order valence-corrected chi connectivity index (χ4v) is 3.33. The van der Waals surface area contributed by atoms with Crippen LogP contribution in [0, 0.1) is 19.8 Å². The minimum Gasteiger partial charge on any atom is -0.423 e. The van der Waals surface area contributed by atoms with Gasteiger partial charge in [0.05, 0.1) is 0 Å². The Kier molecular flexibility index (Phi) is 4.62. The van der Waals surface area contributed by atoms with E-state index in [1.807, 2.05) is 44.2 Å². The number of carbonyl (C=O) groups is 1. The molecule has 4 rings (SSSR count). The van der Waals surface area contributed by atoms with Gasteiger partial charge >= 0.3 is 0 Å². The molecule has 1 aliphatic heterocycles. The predicted molar refractivity (Wildman–Crippen MR) is 102 cm³/mol. The monoisotopic (exact) mass is 366 g/mol. The molecule has 1 aromatic carbocycles. The number of anilines is 2. The highest BCUT2D eigenvalue weighted by atomic mass is 16.4. The average molecular weight is 366 g/mol. The number of piperidine rings is 1. The number of nitrogens with one attached hydrogen (secondary N) is 2. The largest absolute Gasteiger partial charge is 0.423 e. The van der Waals surface area contributed by atoms with Crippen molar-refractivity contribution >= 4 is 29.0 Å². The molecule has 3 heterocycles. The zero-order valence-corrected chi connectivity index (χ0v) is 15.4. The van der Waals surface area contributed by atoms with Gasteiger partial charge in [-0.15, -0.1) is 0 Å². The van der Waals surface area contributed by atoms with Crippen molar-refractivity contribution in [2.24, 2.45) is 5.92 Å². The van der Waals surface area contributed by atoms with E-state index in [2.05, 4.69) is 30.7 Å². The van der Waals surface area contributed by atoms with Crippen LogP contribution in [0.1, 0.15) is 24.2 Å². The second-order valence-electron chi connectivity index (χ2n) is 6.81. The molecule has 3 aromatic rings. The van der Waals surface area contributed by atoms with Gasteiger partial charge in [0.2, 0.25) is 11.9 Å². The maximum Gasteiger partial charge on any atom is 0.298 e. The number of rotatable bonds is 4. The number of hydrogen-bond donors (Lipinski definition) is 2. The Morgan fingerprint density at radius 1 is 1.11 bits per heavy atom. The van der Waals surface area contributed by atoms with E-state index in [1.54, 1.807) is 0 Å². The minimum atomic E-state index is -0.0657. The number of para-hydroxylation sites is 2. The van der Waals surface area contributed by atoms with E-state index in [-0.39, 0.29) is 11.8 Å². The van der Waals surface area contributed by atoms with Crippen molar-refractivity contribution in [3.63, 3.8) is 0 Å². The smallest absolute Gasteiger partial charge is 0.298 e. The number of aryl methyl sites for hydroxylation is 2. The summed E-state index contributed by atoms with van der Waals surface area (Å²) in [6.45, 7) is 5.24. The van der Waals surface area contributed by atoms with Crippen LogP contribution in [-0.4, -0.2) is 33.9 Å². The summed E-state index contributed by atoms with van der Waals surface area (Å²) in [6.07, 6.45) is 1.47. The van der Waals surface area contributed by atoms with Crippen molar-refractivity contribution in [2.45, 2.75) is 26.7 Å². The molecule has 0 atom stereocenters. The van der Waals surface area contributed by atoms with Crippen molar-refractivity contribution in [3.05, 3.63) is 41.7 Å². The van der Waals surface area contributed by atoms with Gasteiger partial charge in [-0.25, -0.2) is 9.97 Å². The van der Waals surface area contributed by atoms with Crippen LogP contribution in [0.15, 0.2) is 34.7 Å². The van der Waals surface area contributed by atoms with Crippen LogP contribution in [0.3, 0.4) is 0 Å². The molecule has 0 radical (unpaired) electrons. The second-order valence-corrected chi connectivity index (χ2v) is 6.81. The molecule has 8 nitrogen and oxygen atoms in total. The molecule has 0 unspecified atom stereocenters. The molecular formula is C19H22N6O2. The van der Waals surface area contributed by atoms with Gasteiger partial charge < -0.3 is 9.32 Å². The van der Waals surface area contributed by atoms with Crippen molar-refractivity contribution in [2.75, 3.05) is 23.4 Å². The summed E-state index contributed by atoms with van der Waals surface area (Å²) in [4.78, 5) is 27.6. The lowest BCUT2D eigenvalue weighted by Gasteiger charge is -2.30. The number of carbonyl (C=O) groups excluding carboxylic acids is 1. The third kappa shape index (κ3) is 3.84. The molecule has 0 saturated carbocycles. The van der Waals surface area contributed by atoms with Crippen LogP contribution in [0.4, 0.5) is 12.0 Å². The summed E-state index contributed by atoms with van der Waals surface area (Å²) >= 11 is 0. The van der Waals surface area contributed by atoms with Crippen LogP contribution in [-0.2, 0) is 4.79 Å². The highest BCUT2D eigenvalue weighted by molar-refractivity contribution is 5.80. The van der Waals surface area contributed by atoms with Crippen molar-refractivity contribution in [1.82, 2.24) is 20.4 Å². The quantitative estimate of drug-likeness (QED) is 0.685. The molecule has 140 valence electrons. The van der Waals surface area contributed by atoms with Gasteiger partial charge in [0.15, 0.2) is 5.58 Å². The molecule has 1 amide bonds. The zero-order valence-electron chi connectivity index (χ0n) is 15.4. The van der Waals surface area contributed by atoms with Gasteiger partial charge in [-0.1, -0.05) is 12.1 Å². The molecule has 1 saturated heterocycles. The molecular weight excluding hydrogens is 344 g/mol. The molecule has 0 bridgehead atoms. The normalized spacial score (nSPS) is 15.1. The van der Waals surface area contributed by atoms with E-state index in [4.69, 9.17) is 4.42 Å². The Bertz CT molecular complexity index is 908. The molecule has 2 N–H and O–H groups in total. The molecule has 1 aliphatic rings. The van der Waals surface area contributed by atoms with Gasteiger partial charge in [-0.2, -0.15) is 4.98 Å². The number of amides is 1. The molecule has 8 heteroatoms. The number of benzene rings is 1. The molecule has 27 heavy (non-hydrogen) atoms. The van der Waals surface area contributed by atoms with Crippen LogP contribution in [0.2, 0.25) is 0 Å². The first-order valence-corrected chi connectivity index (χ1v) is 9.07. The lowest BCUT2D eigenvalue weighted by molar-refractivity contribution is -0.125. The first kappa shape index (κ1) is 17.3. The summed E-state index contributed by atoms with van der Waals surface area (Å²) in [5.41, 5.74) is 8.89. The van der Waals surface area contributed by atoms with Gasteiger partial charge in [0, 0.05) is 30.4 Å². The Hall–Kier alpha value is -3.16. The Morgan fingerprint density at radius 2 is 1.81 bits per heavy atom. The zero-order chi connectivity index (χ0) is 18.8. The average Bonchev–Trinajstić information content (AvgIpc) is 3.10. The maximum atomic E-state index is 12.4. The number of oxazole rings is 1. The maximum absolute atomic E-state index is 12.4. The molecule has 0 spiro atoms. The summed E-state index contributed by atoms with van der Waals surface area (Å²) in [7, 11) is 0. The predicted octanol–water partition coefficient (Wildman–Crippen LogP) is 2.59. The summed E-state index contributed by atoms with van der Waals surface area (Å²) < 4.78 is 5.82. The van der Waals surface area contributed by atoms with E-state index >= 15 is 0 Å². The van der Waals surface area contributed by atoms with Crippen LogP contribution in [0.25, 0.3) is 11.1 Å². The van der Waals surface area contributed by atoms with Crippen molar-refractivity contribution in [3.8, 4) is 0 Å². The van der Waals surface area contributed by atoms with Gasteiger partial charge in [0.25, 0.3) is 6.01 Å². The Labute approximate surface area is 157 Å². The first-order chi connectivity index (χ1) is 13.1. The van der Waals surface area contributed by atoms with Crippen LogP contribution < -0.4 is 15.8 Å². The Morgan fingerprint density at radius 3 is 2.52 bits per heavy atom. The van der Waals surface area contributed by atoms with E-state index in [0.29, 0.717) is 12.0 Å². The first-order valence-electron chi connectivity index (χ1n) is 9.07. The van der Waals surface area contributed by atoms with Gasteiger partial charge in [-0.3, -0.25) is 15.6 Å². The topological polar surface area (TPSA) is 96.2 Å². The summed E-state index contributed by atoms with van der Waals surface area (Å²) in [5, 5.41) is 0. The van der Waals surface area contributed by atoms with Crippen molar-refractivity contribution in [1.29, 1.82) is 0 Å². The van der Waals surface area contributed by atoms with E-state index < -0.39 is 0 Å². The fourth-order valence-electron chi connectivity index (χ4n) is 3.33. The molecule has 2 aromatic heterocycles. The SMILES string of the molecule is Cc1cc(C)nc(NNC(=O)C2CCN(c3nc4ccccc4o3)CC2)n1. The second kappa shape index (κ2) is 7.22. The third-order valence-corrected chi connectivity index (χ3v) is 4.70. The van der Waals surface area contributed by atoms with Crippen molar-refractivity contribution < 1.29 is 9.21 Å². The molecule has 0 aliphatic carbocycles. The van der Waals surface area contributed by atoms with Gasteiger partial charge in [0.1, 0.15) is 5.52 Å². The number of aromatic nitrogens is 3. The third-order valence-electron chi connectivity index (χ3n) is 4.70. The number of hydrogen-bond acceptors (Lipinski definition) is 7. The van der Waals surface area contributed by atoms with E-state index in [1.165, 1.54) is 0 Å².